The predicted molar refractivity (Wildman–Crippen MR) is 107 cm³/mol. The second-order valence-electron chi connectivity index (χ2n) is 6.83. The van der Waals surface area contributed by atoms with Crippen LogP contribution in [-0.4, -0.2) is 42.3 Å². The number of carbonyl (C=O) groups excluding carboxylic acids is 1. The van der Waals surface area contributed by atoms with Gasteiger partial charge in [-0.05, 0) is 37.1 Å². The minimum Gasteiger partial charge on any atom is -0.486 e. The van der Waals surface area contributed by atoms with E-state index in [-0.39, 0.29) is 18.6 Å². The maximum atomic E-state index is 12.9. The summed E-state index contributed by atoms with van der Waals surface area (Å²) in [5, 5.41) is 10.9. The fourth-order valence-corrected chi connectivity index (χ4v) is 4.27. The van der Waals surface area contributed by atoms with Crippen LogP contribution in [0.25, 0.3) is 5.69 Å². The van der Waals surface area contributed by atoms with Gasteiger partial charge in [0.1, 0.15) is 30.0 Å². The maximum Gasteiger partial charge on any atom is 0.276 e. The molecule has 0 saturated carbocycles. The van der Waals surface area contributed by atoms with Gasteiger partial charge in [0.05, 0.1) is 11.7 Å². The van der Waals surface area contributed by atoms with Gasteiger partial charge in [-0.15, -0.1) is 11.3 Å². The van der Waals surface area contributed by atoms with Gasteiger partial charge in [0.2, 0.25) is 0 Å². The van der Waals surface area contributed by atoms with Gasteiger partial charge in [-0.3, -0.25) is 4.79 Å². The number of nitrogens with zero attached hydrogens (tertiary/aromatic N) is 6. The van der Waals surface area contributed by atoms with Gasteiger partial charge < -0.3 is 14.2 Å². The van der Waals surface area contributed by atoms with Crippen molar-refractivity contribution in [2.45, 2.75) is 25.5 Å². The lowest BCUT2D eigenvalue weighted by Crippen LogP contribution is -2.30. The van der Waals surface area contributed by atoms with E-state index >= 15 is 0 Å². The average Bonchev–Trinajstić information content (AvgIpc) is 3.58. The molecule has 1 aromatic carbocycles. The third-order valence-electron chi connectivity index (χ3n) is 4.93. The Kier molecular flexibility index (Phi) is 4.98. The number of thiazole rings is 1. The Morgan fingerprint density at radius 1 is 1.30 bits per heavy atom. The van der Waals surface area contributed by atoms with E-state index in [1.54, 1.807) is 34.6 Å². The van der Waals surface area contributed by atoms with Crippen molar-refractivity contribution in [2.24, 2.45) is 0 Å². The second kappa shape index (κ2) is 8.07. The van der Waals surface area contributed by atoms with Crippen molar-refractivity contribution in [3.63, 3.8) is 0 Å². The Balaban J connectivity index is 1.22. The lowest BCUT2D eigenvalue weighted by atomic mass is 10.2. The van der Waals surface area contributed by atoms with E-state index in [2.05, 4.69) is 20.2 Å². The van der Waals surface area contributed by atoms with Crippen molar-refractivity contribution in [1.29, 1.82) is 0 Å². The number of rotatable bonds is 6. The van der Waals surface area contributed by atoms with Crippen molar-refractivity contribution in [3.8, 4) is 11.4 Å². The number of benzene rings is 1. The molecule has 1 amide bonds. The van der Waals surface area contributed by atoms with Gasteiger partial charge in [-0.1, -0.05) is 5.16 Å². The molecular weight excluding hydrogens is 404 g/mol. The molecule has 3 aromatic heterocycles. The molecule has 9 nitrogen and oxygen atoms in total. The Labute approximate surface area is 175 Å². The number of likely N-dealkylation sites (tertiary alicyclic amines) is 1. The largest absolute Gasteiger partial charge is 0.486 e. The summed E-state index contributed by atoms with van der Waals surface area (Å²) in [6.07, 6.45) is 6.74. The molecule has 0 bridgehead atoms. The highest BCUT2D eigenvalue weighted by atomic mass is 32.1. The van der Waals surface area contributed by atoms with Gasteiger partial charge in [0, 0.05) is 24.2 Å². The molecule has 0 unspecified atom stereocenters. The number of aromatic nitrogens is 5. The van der Waals surface area contributed by atoms with Crippen molar-refractivity contribution in [3.05, 3.63) is 71.0 Å². The molecular formula is C20H18N6O3S. The summed E-state index contributed by atoms with van der Waals surface area (Å²) in [5.41, 5.74) is 1.17. The molecule has 1 fully saturated rings. The Bertz CT molecular complexity index is 1110. The first kappa shape index (κ1) is 18.5. The molecule has 5 rings (SSSR count). The van der Waals surface area contributed by atoms with E-state index in [4.69, 9.17) is 9.26 Å². The normalized spacial score (nSPS) is 16.1. The van der Waals surface area contributed by atoms with E-state index in [1.807, 2.05) is 34.5 Å². The molecule has 1 aliphatic rings. The number of amides is 1. The Hall–Kier alpha value is -3.53. The van der Waals surface area contributed by atoms with E-state index in [1.165, 1.54) is 6.33 Å². The quantitative estimate of drug-likeness (QED) is 0.470. The third kappa shape index (κ3) is 3.69. The van der Waals surface area contributed by atoms with Gasteiger partial charge in [-0.2, -0.15) is 5.10 Å². The first-order valence-corrected chi connectivity index (χ1v) is 10.4. The summed E-state index contributed by atoms with van der Waals surface area (Å²) in [4.78, 5) is 23.0. The first-order chi connectivity index (χ1) is 14.8. The molecule has 0 N–H and O–H groups in total. The lowest BCUT2D eigenvalue weighted by Gasteiger charge is -2.21. The highest BCUT2D eigenvalue weighted by molar-refractivity contribution is 7.09. The first-order valence-electron chi connectivity index (χ1n) is 9.52. The molecule has 152 valence electrons. The Morgan fingerprint density at radius 2 is 2.20 bits per heavy atom. The average molecular weight is 422 g/mol. The topological polar surface area (TPSA) is 99.2 Å². The van der Waals surface area contributed by atoms with Crippen molar-refractivity contribution < 1.29 is 14.1 Å². The summed E-state index contributed by atoms with van der Waals surface area (Å²) in [6.45, 7) is 0.874. The monoisotopic (exact) mass is 422 g/mol. The summed E-state index contributed by atoms with van der Waals surface area (Å²) in [7, 11) is 0. The number of ether oxygens (including phenoxy) is 1. The molecule has 1 saturated heterocycles. The van der Waals surface area contributed by atoms with E-state index in [0.29, 0.717) is 23.7 Å². The SMILES string of the molecule is O=C(c1cc(COc2ccc(-n3cncn3)cc2)on1)N1CCC[C@H]1c1nccs1. The van der Waals surface area contributed by atoms with Crippen LogP contribution < -0.4 is 4.74 Å². The van der Waals surface area contributed by atoms with Crippen LogP contribution in [0.1, 0.15) is 40.1 Å². The molecule has 10 heteroatoms. The van der Waals surface area contributed by atoms with Crippen LogP contribution in [0.5, 0.6) is 5.75 Å². The van der Waals surface area contributed by atoms with Crippen LogP contribution >= 0.6 is 11.3 Å². The predicted octanol–water partition coefficient (Wildman–Crippen LogP) is 3.27. The zero-order valence-corrected chi connectivity index (χ0v) is 16.7. The van der Waals surface area contributed by atoms with Crippen LogP contribution in [0.3, 0.4) is 0 Å². The number of carbonyl (C=O) groups is 1. The smallest absolute Gasteiger partial charge is 0.276 e. The van der Waals surface area contributed by atoms with Crippen molar-refractivity contribution in [1.82, 2.24) is 29.8 Å². The fraction of sp³-hybridized carbons (Fsp3) is 0.250. The summed E-state index contributed by atoms with van der Waals surface area (Å²) < 4.78 is 12.7. The molecule has 0 radical (unpaired) electrons. The minimum atomic E-state index is -0.139. The molecule has 4 aromatic rings. The van der Waals surface area contributed by atoms with Crippen LogP contribution in [0.4, 0.5) is 0 Å². The number of hydrogen-bond acceptors (Lipinski definition) is 8. The van der Waals surface area contributed by atoms with Gasteiger partial charge in [0.25, 0.3) is 5.91 Å². The van der Waals surface area contributed by atoms with Gasteiger partial charge in [0.15, 0.2) is 11.5 Å². The van der Waals surface area contributed by atoms with Crippen molar-refractivity contribution >= 4 is 17.2 Å². The van der Waals surface area contributed by atoms with Crippen molar-refractivity contribution in [2.75, 3.05) is 6.54 Å². The standard InChI is InChI=1S/C20H18N6O3S/c27-20(25-8-1-2-18(25)19-22-7-9-30-19)17-10-16(29-24-17)11-28-15-5-3-14(4-6-15)26-13-21-12-23-26/h3-7,9-10,12-13,18H,1-2,8,11H2/t18-/m0/s1. The molecule has 4 heterocycles. The highest BCUT2D eigenvalue weighted by Gasteiger charge is 2.33. The summed E-state index contributed by atoms with van der Waals surface area (Å²) in [5.74, 6) is 1.02. The summed E-state index contributed by atoms with van der Waals surface area (Å²) in [6, 6.07) is 9.09. The molecule has 1 aliphatic heterocycles. The van der Waals surface area contributed by atoms with Crippen LogP contribution in [-0.2, 0) is 6.61 Å². The van der Waals surface area contributed by atoms with Gasteiger partial charge in [-0.25, -0.2) is 14.6 Å². The van der Waals surface area contributed by atoms with Gasteiger partial charge >= 0.3 is 0 Å². The zero-order chi connectivity index (χ0) is 20.3. The van der Waals surface area contributed by atoms with Crippen LogP contribution in [0.15, 0.2) is 59.1 Å². The second-order valence-corrected chi connectivity index (χ2v) is 7.75. The molecule has 0 spiro atoms. The Morgan fingerprint density at radius 3 is 2.97 bits per heavy atom. The molecule has 0 aliphatic carbocycles. The molecule has 1 atom stereocenters. The lowest BCUT2D eigenvalue weighted by molar-refractivity contribution is 0.0724. The maximum absolute atomic E-state index is 12.9. The highest BCUT2D eigenvalue weighted by Crippen LogP contribution is 2.34. The van der Waals surface area contributed by atoms with E-state index in [0.717, 1.165) is 23.5 Å². The summed E-state index contributed by atoms with van der Waals surface area (Å²) >= 11 is 1.57. The minimum absolute atomic E-state index is 0.0115. The molecule has 30 heavy (non-hydrogen) atoms. The fourth-order valence-electron chi connectivity index (χ4n) is 3.49. The van der Waals surface area contributed by atoms with E-state index in [9.17, 15) is 4.79 Å². The zero-order valence-electron chi connectivity index (χ0n) is 15.9. The third-order valence-corrected chi connectivity index (χ3v) is 5.81. The van der Waals surface area contributed by atoms with Crippen LogP contribution in [0, 0.1) is 0 Å². The van der Waals surface area contributed by atoms with Crippen LogP contribution in [0.2, 0.25) is 0 Å². The number of hydrogen-bond donors (Lipinski definition) is 0. The van der Waals surface area contributed by atoms with E-state index < -0.39 is 0 Å².